The van der Waals surface area contributed by atoms with E-state index in [-0.39, 0.29) is 17.0 Å². The maximum Gasteiger partial charge on any atom is 0.269 e. The zero-order chi connectivity index (χ0) is 24.3. The molecule has 0 spiro atoms. The van der Waals surface area contributed by atoms with Crippen molar-refractivity contribution in [3.63, 3.8) is 0 Å². The molecule has 34 heavy (non-hydrogen) atoms. The molecule has 0 aliphatic carbocycles. The van der Waals surface area contributed by atoms with Crippen molar-refractivity contribution < 1.29 is 4.79 Å². The van der Waals surface area contributed by atoms with Crippen LogP contribution in [0, 0.1) is 16.7 Å². The van der Waals surface area contributed by atoms with Gasteiger partial charge in [-0.25, -0.2) is 4.98 Å². The minimum absolute atomic E-state index is 0.111. The van der Waals surface area contributed by atoms with E-state index in [0.717, 1.165) is 32.7 Å². The van der Waals surface area contributed by atoms with Gasteiger partial charge in [0, 0.05) is 63.2 Å². The number of anilines is 1. The van der Waals surface area contributed by atoms with Gasteiger partial charge < -0.3 is 4.90 Å². The number of aromatic nitrogens is 3. The van der Waals surface area contributed by atoms with Crippen molar-refractivity contribution in [3.8, 4) is 6.07 Å². The lowest BCUT2D eigenvalue weighted by atomic mass is 9.97. The smallest absolute Gasteiger partial charge is 0.269 e. The minimum atomic E-state index is -0.201. The molecule has 2 aromatic heterocycles. The fourth-order valence-corrected chi connectivity index (χ4v) is 4.01. The van der Waals surface area contributed by atoms with Crippen LogP contribution in [-0.2, 0) is 6.54 Å². The lowest BCUT2D eigenvalue weighted by Crippen LogP contribution is -2.47. The van der Waals surface area contributed by atoms with Gasteiger partial charge in [0.05, 0.1) is 0 Å². The number of piperazine rings is 1. The minimum Gasteiger partial charge on any atom is -0.304 e. The summed E-state index contributed by atoms with van der Waals surface area (Å²) in [4.78, 5) is 22.3. The van der Waals surface area contributed by atoms with Crippen LogP contribution >= 0.6 is 0 Å². The average molecular weight is 461 g/mol. The van der Waals surface area contributed by atoms with E-state index in [1.807, 2.05) is 24.3 Å². The second-order valence-corrected chi connectivity index (χ2v) is 10.1. The van der Waals surface area contributed by atoms with Gasteiger partial charge in [-0.1, -0.05) is 32.9 Å². The highest BCUT2D eigenvalue weighted by atomic mass is 16.2. The molecule has 1 aliphatic heterocycles. The van der Waals surface area contributed by atoms with Gasteiger partial charge in [0.25, 0.3) is 5.91 Å². The Kier molecular flexibility index (Phi) is 6.82. The lowest BCUT2D eigenvalue weighted by molar-refractivity contribution is 0.0945. The molecule has 1 amide bonds. The van der Waals surface area contributed by atoms with Crippen LogP contribution in [0.4, 0.5) is 5.82 Å². The summed E-state index contributed by atoms with van der Waals surface area (Å²) < 4.78 is 1.59. The average Bonchev–Trinajstić information content (AvgIpc) is 3.23. The number of hydrogen-bond acceptors (Lipinski definition) is 7. The number of rotatable bonds is 6. The fourth-order valence-electron chi connectivity index (χ4n) is 4.01. The van der Waals surface area contributed by atoms with Crippen molar-refractivity contribution in [2.75, 3.05) is 44.8 Å². The molecule has 1 aliphatic rings. The summed E-state index contributed by atoms with van der Waals surface area (Å²) >= 11 is 0. The summed E-state index contributed by atoms with van der Waals surface area (Å²) in [5, 5.41) is 15.4. The van der Waals surface area contributed by atoms with Crippen molar-refractivity contribution in [1.29, 1.82) is 5.26 Å². The van der Waals surface area contributed by atoms with Gasteiger partial charge in [0.2, 0.25) is 0 Å². The standard InChI is InChI=1S/C25H32N8O/c1-25(2,3)18-32(23-9-10-27-22-15-21(16-26)28-33(22)23)29-24(34)20-7-5-19(6-8-20)17-31-13-11-30(4)12-14-31/h5-10,15H,11-14,17-18H2,1-4H3,(H,29,34). The number of likely N-dealkylation sites (N-methyl/N-ethyl adjacent to an activating group) is 1. The van der Waals surface area contributed by atoms with Crippen LogP contribution in [0.3, 0.4) is 0 Å². The Hall–Kier alpha value is -3.48. The Bertz CT molecular complexity index is 1180. The van der Waals surface area contributed by atoms with Gasteiger partial charge in [-0.15, -0.1) is 0 Å². The lowest BCUT2D eigenvalue weighted by Gasteiger charge is -2.32. The molecular formula is C25H32N8O. The molecule has 0 unspecified atom stereocenters. The SMILES string of the molecule is CN1CCN(Cc2ccc(C(=O)NN(CC(C)(C)C)c3ccnc4cc(C#N)nn34)cc2)CC1. The molecule has 4 rings (SSSR count). The third kappa shape index (κ3) is 5.71. The third-order valence-electron chi connectivity index (χ3n) is 5.82. The quantitative estimate of drug-likeness (QED) is 0.565. The van der Waals surface area contributed by atoms with Gasteiger partial charge in [0.15, 0.2) is 17.2 Å². The monoisotopic (exact) mass is 460 g/mol. The molecule has 1 N–H and O–H groups in total. The van der Waals surface area contributed by atoms with Gasteiger partial charge in [-0.2, -0.15) is 14.9 Å². The Morgan fingerprint density at radius 3 is 2.50 bits per heavy atom. The van der Waals surface area contributed by atoms with E-state index in [4.69, 9.17) is 0 Å². The number of carbonyl (C=O) groups excluding carboxylic acids is 1. The number of nitrogens with one attached hydrogen (secondary N) is 1. The molecule has 0 bridgehead atoms. The number of benzene rings is 1. The number of hydrogen-bond donors (Lipinski definition) is 1. The van der Waals surface area contributed by atoms with E-state index in [0.29, 0.717) is 23.6 Å². The van der Waals surface area contributed by atoms with E-state index in [9.17, 15) is 10.1 Å². The summed E-state index contributed by atoms with van der Waals surface area (Å²) in [6.07, 6.45) is 1.66. The van der Waals surface area contributed by atoms with Crippen molar-refractivity contribution in [2.45, 2.75) is 27.3 Å². The van der Waals surface area contributed by atoms with Crippen molar-refractivity contribution >= 4 is 17.4 Å². The first-order chi connectivity index (χ1) is 16.2. The Morgan fingerprint density at radius 2 is 1.85 bits per heavy atom. The summed E-state index contributed by atoms with van der Waals surface area (Å²) in [6.45, 7) is 12.0. The first-order valence-electron chi connectivity index (χ1n) is 11.5. The van der Waals surface area contributed by atoms with Crippen LogP contribution < -0.4 is 10.4 Å². The van der Waals surface area contributed by atoms with Crippen LogP contribution in [0.5, 0.6) is 0 Å². The predicted molar refractivity (Wildman–Crippen MR) is 131 cm³/mol. The third-order valence-corrected chi connectivity index (χ3v) is 5.82. The molecule has 9 heteroatoms. The zero-order valence-electron chi connectivity index (χ0n) is 20.3. The topological polar surface area (TPSA) is 92.8 Å². The number of hydrazine groups is 1. The first kappa shape index (κ1) is 23.7. The molecule has 3 aromatic rings. The van der Waals surface area contributed by atoms with Crippen LogP contribution in [0.15, 0.2) is 42.6 Å². The molecule has 1 fully saturated rings. The summed E-state index contributed by atoms with van der Waals surface area (Å²) in [6, 6.07) is 13.3. The predicted octanol–water partition coefficient (Wildman–Crippen LogP) is 2.55. The van der Waals surface area contributed by atoms with Gasteiger partial charge in [-0.3, -0.25) is 20.1 Å². The van der Waals surface area contributed by atoms with Crippen LogP contribution in [0.25, 0.3) is 5.65 Å². The van der Waals surface area contributed by atoms with E-state index >= 15 is 0 Å². The van der Waals surface area contributed by atoms with Crippen molar-refractivity contribution in [2.24, 2.45) is 5.41 Å². The molecule has 0 radical (unpaired) electrons. The van der Waals surface area contributed by atoms with Crippen LogP contribution in [0.1, 0.15) is 42.4 Å². The highest BCUT2D eigenvalue weighted by Crippen LogP contribution is 2.21. The normalized spacial score (nSPS) is 15.3. The van der Waals surface area contributed by atoms with Crippen molar-refractivity contribution in [1.82, 2.24) is 29.8 Å². The second kappa shape index (κ2) is 9.79. The molecule has 1 aromatic carbocycles. The summed E-state index contributed by atoms with van der Waals surface area (Å²) in [5.41, 5.74) is 5.54. The molecule has 3 heterocycles. The van der Waals surface area contributed by atoms with Crippen LogP contribution in [-0.4, -0.2) is 70.1 Å². The molecule has 0 saturated carbocycles. The number of nitrogens with zero attached hydrogens (tertiary/aromatic N) is 7. The maximum atomic E-state index is 13.2. The molecule has 1 saturated heterocycles. The Balaban J connectivity index is 1.51. The number of carbonyl (C=O) groups is 1. The van der Waals surface area contributed by atoms with E-state index < -0.39 is 0 Å². The summed E-state index contributed by atoms with van der Waals surface area (Å²) in [5.74, 6) is 0.439. The molecule has 9 nitrogen and oxygen atoms in total. The highest BCUT2D eigenvalue weighted by Gasteiger charge is 2.22. The van der Waals surface area contributed by atoms with Crippen molar-refractivity contribution in [3.05, 3.63) is 59.4 Å². The largest absolute Gasteiger partial charge is 0.304 e. The van der Waals surface area contributed by atoms with E-state index in [2.05, 4.69) is 59.2 Å². The number of amides is 1. The Morgan fingerprint density at radius 1 is 1.15 bits per heavy atom. The van der Waals surface area contributed by atoms with Crippen LogP contribution in [0.2, 0.25) is 0 Å². The molecule has 178 valence electrons. The molecular weight excluding hydrogens is 428 g/mol. The summed E-state index contributed by atoms with van der Waals surface area (Å²) in [7, 11) is 2.15. The number of nitriles is 1. The van der Waals surface area contributed by atoms with Gasteiger partial charge in [-0.05, 0) is 30.2 Å². The maximum absolute atomic E-state index is 13.2. The zero-order valence-corrected chi connectivity index (χ0v) is 20.3. The van der Waals surface area contributed by atoms with Gasteiger partial charge in [0.1, 0.15) is 6.07 Å². The second-order valence-electron chi connectivity index (χ2n) is 10.1. The molecule has 0 atom stereocenters. The fraction of sp³-hybridized carbons (Fsp3) is 0.440. The number of fused-ring (bicyclic) bond motifs is 1. The van der Waals surface area contributed by atoms with E-state index in [1.165, 1.54) is 5.56 Å². The first-order valence-corrected chi connectivity index (χ1v) is 11.5. The van der Waals surface area contributed by atoms with Gasteiger partial charge >= 0.3 is 0 Å². The highest BCUT2D eigenvalue weighted by molar-refractivity contribution is 5.95. The Labute approximate surface area is 200 Å². The van der Waals surface area contributed by atoms with E-state index in [1.54, 1.807) is 27.9 Å².